The van der Waals surface area contributed by atoms with E-state index in [9.17, 15) is 8.78 Å². The van der Waals surface area contributed by atoms with Gasteiger partial charge in [-0.15, -0.1) is 0 Å². The number of hydrogen-bond acceptors (Lipinski definition) is 1. The highest BCUT2D eigenvalue weighted by Gasteiger charge is 2.36. The van der Waals surface area contributed by atoms with E-state index in [1.54, 1.807) is 12.1 Å². The normalized spacial score (nSPS) is 34.5. The number of ether oxygens (including phenoxy) is 1. The van der Waals surface area contributed by atoms with Crippen molar-refractivity contribution in [1.82, 2.24) is 0 Å². The molecule has 0 aromatic heterocycles. The maximum Gasteiger partial charge on any atom is 0.387 e. The Bertz CT molecular complexity index is 635. The SMILES string of the molecule is CCC1CCC(CCC2CCC3CC(c4ccc(OC(F)F)cc4)CCC3C2)CC1. The largest absolute Gasteiger partial charge is 0.435 e. The number of alkyl halides is 2. The van der Waals surface area contributed by atoms with E-state index in [0.717, 1.165) is 29.6 Å². The van der Waals surface area contributed by atoms with Crippen molar-refractivity contribution >= 4 is 0 Å². The molecule has 30 heavy (non-hydrogen) atoms. The molecule has 1 aromatic rings. The van der Waals surface area contributed by atoms with Gasteiger partial charge in [0.25, 0.3) is 0 Å². The van der Waals surface area contributed by atoms with Crippen LogP contribution in [-0.4, -0.2) is 6.61 Å². The summed E-state index contributed by atoms with van der Waals surface area (Å²) in [6, 6.07) is 7.42. The van der Waals surface area contributed by atoms with E-state index < -0.39 is 6.61 Å². The van der Waals surface area contributed by atoms with Crippen LogP contribution >= 0.6 is 0 Å². The molecule has 0 amide bonds. The first-order valence-electron chi connectivity index (χ1n) is 12.7. The number of benzene rings is 1. The Morgan fingerprint density at radius 2 is 1.37 bits per heavy atom. The monoisotopic (exact) mass is 418 g/mol. The highest BCUT2D eigenvalue weighted by molar-refractivity contribution is 5.30. The molecule has 3 aliphatic carbocycles. The first kappa shape index (κ1) is 22.1. The highest BCUT2D eigenvalue weighted by atomic mass is 19.3. The standard InChI is InChI=1S/C27H40F2O/c1-2-19-3-5-20(6-4-19)7-8-21-9-10-25-18-24(12-11-23(25)17-21)22-13-15-26(16-14-22)30-27(28)29/h13-16,19-21,23-25,27H,2-12,17-18H2,1H3. The second-order valence-corrected chi connectivity index (χ2v) is 10.5. The molecule has 3 saturated carbocycles. The van der Waals surface area contributed by atoms with Gasteiger partial charge in [-0.2, -0.15) is 8.78 Å². The molecule has 1 nitrogen and oxygen atoms in total. The lowest BCUT2D eigenvalue weighted by Crippen LogP contribution is -2.30. The smallest absolute Gasteiger partial charge is 0.387 e. The van der Waals surface area contributed by atoms with Gasteiger partial charge in [0.15, 0.2) is 0 Å². The number of fused-ring (bicyclic) bond motifs is 1. The number of hydrogen-bond donors (Lipinski definition) is 0. The summed E-state index contributed by atoms with van der Waals surface area (Å²) >= 11 is 0. The molecule has 4 rings (SSSR count). The molecular weight excluding hydrogens is 378 g/mol. The zero-order valence-corrected chi connectivity index (χ0v) is 18.7. The van der Waals surface area contributed by atoms with Crippen LogP contribution in [0.4, 0.5) is 8.78 Å². The van der Waals surface area contributed by atoms with Gasteiger partial charge in [0.05, 0.1) is 0 Å². The summed E-state index contributed by atoms with van der Waals surface area (Å²) in [6.07, 6.45) is 18.4. The van der Waals surface area contributed by atoms with Gasteiger partial charge in [-0.05, 0) is 85.3 Å². The third-order valence-corrected chi connectivity index (χ3v) is 8.83. The lowest BCUT2D eigenvalue weighted by atomic mass is 9.63. The summed E-state index contributed by atoms with van der Waals surface area (Å²) in [7, 11) is 0. The van der Waals surface area contributed by atoms with Crippen molar-refractivity contribution in [3.63, 3.8) is 0 Å². The molecule has 3 aliphatic rings. The molecule has 0 N–H and O–H groups in total. The summed E-state index contributed by atoms with van der Waals surface area (Å²) in [6.45, 7) is -0.387. The van der Waals surface area contributed by atoms with Crippen LogP contribution in [-0.2, 0) is 0 Å². The summed E-state index contributed by atoms with van der Waals surface area (Å²) < 4.78 is 29.2. The molecular formula is C27H40F2O. The van der Waals surface area contributed by atoms with Crippen LogP contribution in [0.1, 0.15) is 102 Å². The summed E-state index contributed by atoms with van der Waals surface area (Å²) in [5.41, 5.74) is 1.31. The van der Waals surface area contributed by atoms with Crippen molar-refractivity contribution in [2.75, 3.05) is 0 Å². The molecule has 0 aliphatic heterocycles. The Labute approximate surface area is 182 Å². The van der Waals surface area contributed by atoms with Gasteiger partial charge >= 0.3 is 6.61 Å². The van der Waals surface area contributed by atoms with Crippen molar-refractivity contribution < 1.29 is 13.5 Å². The predicted molar refractivity (Wildman–Crippen MR) is 119 cm³/mol. The van der Waals surface area contributed by atoms with Crippen LogP contribution in [0, 0.1) is 29.6 Å². The molecule has 3 heteroatoms. The number of rotatable bonds is 7. The Kier molecular flexibility index (Phi) is 7.70. The second kappa shape index (κ2) is 10.5. The fourth-order valence-corrected chi connectivity index (χ4v) is 6.87. The van der Waals surface area contributed by atoms with E-state index in [4.69, 9.17) is 0 Å². The molecule has 4 unspecified atom stereocenters. The van der Waals surface area contributed by atoms with Crippen LogP contribution < -0.4 is 4.74 Å². The number of halogens is 2. The summed E-state index contributed by atoms with van der Waals surface area (Å²) in [5.74, 6) is 5.66. The van der Waals surface area contributed by atoms with Crippen LogP contribution in [0.5, 0.6) is 5.75 Å². The Hall–Kier alpha value is -1.12. The molecule has 168 valence electrons. The molecule has 0 spiro atoms. The zero-order chi connectivity index (χ0) is 20.9. The predicted octanol–water partition coefficient (Wildman–Crippen LogP) is 8.58. The zero-order valence-electron chi connectivity index (χ0n) is 18.7. The molecule has 4 atom stereocenters. The van der Waals surface area contributed by atoms with E-state index in [0.29, 0.717) is 5.92 Å². The lowest BCUT2D eigenvalue weighted by Gasteiger charge is -2.43. The Morgan fingerprint density at radius 3 is 2.07 bits per heavy atom. The third kappa shape index (κ3) is 5.77. The molecule has 3 fully saturated rings. The first-order chi connectivity index (χ1) is 14.6. The fourth-order valence-electron chi connectivity index (χ4n) is 6.87. The molecule has 0 bridgehead atoms. The summed E-state index contributed by atoms with van der Waals surface area (Å²) in [5, 5.41) is 0. The van der Waals surface area contributed by atoms with Crippen molar-refractivity contribution in [2.45, 2.75) is 103 Å². The minimum Gasteiger partial charge on any atom is -0.435 e. The minimum atomic E-state index is -2.74. The van der Waals surface area contributed by atoms with Crippen LogP contribution in [0.25, 0.3) is 0 Å². The Balaban J connectivity index is 1.21. The average molecular weight is 419 g/mol. The van der Waals surface area contributed by atoms with Crippen LogP contribution in [0.2, 0.25) is 0 Å². The maximum atomic E-state index is 12.4. The van der Waals surface area contributed by atoms with Gasteiger partial charge in [0, 0.05) is 0 Å². The van der Waals surface area contributed by atoms with Gasteiger partial charge in [0.1, 0.15) is 5.75 Å². The molecule has 1 aromatic carbocycles. The summed E-state index contributed by atoms with van der Waals surface area (Å²) in [4.78, 5) is 0. The topological polar surface area (TPSA) is 9.23 Å². The Morgan fingerprint density at radius 1 is 0.767 bits per heavy atom. The highest BCUT2D eigenvalue weighted by Crippen LogP contribution is 2.49. The van der Waals surface area contributed by atoms with Crippen molar-refractivity contribution in [2.24, 2.45) is 29.6 Å². The fraction of sp³-hybridized carbons (Fsp3) is 0.778. The van der Waals surface area contributed by atoms with E-state index in [2.05, 4.69) is 11.7 Å². The van der Waals surface area contributed by atoms with E-state index in [1.165, 1.54) is 89.0 Å². The lowest BCUT2D eigenvalue weighted by molar-refractivity contribution is -0.0498. The van der Waals surface area contributed by atoms with Crippen molar-refractivity contribution in [3.05, 3.63) is 29.8 Å². The van der Waals surface area contributed by atoms with Crippen molar-refractivity contribution in [1.29, 1.82) is 0 Å². The van der Waals surface area contributed by atoms with Crippen LogP contribution in [0.3, 0.4) is 0 Å². The van der Waals surface area contributed by atoms with Gasteiger partial charge in [0.2, 0.25) is 0 Å². The average Bonchev–Trinajstić information content (AvgIpc) is 2.77. The second-order valence-electron chi connectivity index (χ2n) is 10.5. The van der Waals surface area contributed by atoms with E-state index >= 15 is 0 Å². The first-order valence-corrected chi connectivity index (χ1v) is 12.7. The van der Waals surface area contributed by atoms with E-state index in [-0.39, 0.29) is 5.75 Å². The van der Waals surface area contributed by atoms with Crippen molar-refractivity contribution in [3.8, 4) is 5.75 Å². The third-order valence-electron chi connectivity index (χ3n) is 8.83. The molecule has 0 radical (unpaired) electrons. The minimum absolute atomic E-state index is 0.270. The quantitative estimate of drug-likeness (QED) is 0.431. The van der Waals surface area contributed by atoms with E-state index in [1.807, 2.05) is 12.1 Å². The molecule has 0 heterocycles. The van der Waals surface area contributed by atoms with Gasteiger partial charge in [-0.1, -0.05) is 70.4 Å². The van der Waals surface area contributed by atoms with Gasteiger partial charge in [-0.3, -0.25) is 0 Å². The molecule has 0 saturated heterocycles. The maximum absolute atomic E-state index is 12.4. The van der Waals surface area contributed by atoms with Gasteiger partial charge < -0.3 is 4.74 Å². The van der Waals surface area contributed by atoms with Crippen LogP contribution in [0.15, 0.2) is 24.3 Å². The van der Waals surface area contributed by atoms with Gasteiger partial charge in [-0.25, -0.2) is 0 Å².